The van der Waals surface area contributed by atoms with Crippen LogP contribution in [0.15, 0.2) is 22.7 Å². The minimum atomic E-state index is 0.658. The van der Waals surface area contributed by atoms with E-state index in [-0.39, 0.29) is 0 Å². The molecule has 3 nitrogen and oxygen atoms in total. The lowest BCUT2D eigenvalue weighted by Gasteiger charge is -1.97. The fourth-order valence-electron chi connectivity index (χ4n) is 1.15. The van der Waals surface area contributed by atoms with E-state index in [4.69, 9.17) is 11.6 Å². The molecular formula is C9H7BrClN3. The molecule has 1 aromatic carbocycles. The highest BCUT2D eigenvalue weighted by molar-refractivity contribution is 9.10. The Bertz CT molecular complexity index is 447. The molecule has 1 aromatic heterocycles. The van der Waals surface area contributed by atoms with Crippen molar-refractivity contribution < 1.29 is 0 Å². The molecule has 0 saturated carbocycles. The summed E-state index contributed by atoms with van der Waals surface area (Å²) in [5.74, 6) is 1.45. The van der Waals surface area contributed by atoms with Crippen LogP contribution in [0.4, 0.5) is 0 Å². The number of rotatable bonds is 1. The highest BCUT2D eigenvalue weighted by Gasteiger charge is 2.05. The van der Waals surface area contributed by atoms with E-state index in [2.05, 4.69) is 31.1 Å². The Labute approximate surface area is 94.6 Å². The van der Waals surface area contributed by atoms with Crippen LogP contribution in [-0.2, 0) is 0 Å². The maximum Gasteiger partial charge on any atom is 0.181 e. The Kier molecular flexibility index (Phi) is 2.56. The second-order valence-electron chi connectivity index (χ2n) is 2.90. The zero-order chi connectivity index (χ0) is 10.1. The normalized spacial score (nSPS) is 10.5. The Hall–Kier alpha value is -0.870. The number of hydrogen-bond donors (Lipinski definition) is 1. The van der Waals surface area contributed by atoms with Crippen molar-refractivity contribution in [2.24, 2.45) is 0 Å². The highest BCUT2D eigenvalue weighted by atomic mass is 79.9. The van der Waals surface area contributed by atoms with Gasteiger partial charge in [0, 0.05) is 15.1 Å². The molecule has 0 fully saturated rings. The molecule has 0 unspecified atom stereocenters. The van der Waals surface area contributed by atoms with E-state index in [1.165, 1.54) is 0 Å². The minimum Gasteiger partial charge on any atom is -0.263 e. The quantitative estimate of drug-likeness (QED) is 0.866. The van der Waals surface area contributed by atoms with E-state index in [1.54, 1.807) is 0 Å². The molecule has 0 radical (unpaired) electrons. The Morgan fingerprint density at radius 2 is 2.14 bits per heavy atom. The van der Waals surface area contributed by atoms with Gasteiger partial charge in [-0.05, 0) is 25.1 Å². The monoisotopic (exact) mass is 271 g/mol. The zero-order valence-electron chi connectivity index (χ0n) is 7.38. The van der Waals surface area contributed by atoms with E-state index in [0.29, 0.717) is 10.8 Å². The zero-order valence-corrected chi connectivity index (χ0v) is 9.72. The molecule has 2 rings (SSSR count). The van der Waals surface area contributed by atoms with Gasteiger partial charge in [-0.3, -0.25) is 5.10 Å². The van der Waals surface area contributed by atoms with E-state index < -0.39 is 0 Å². The number of hydrogen-bond acceptors (Lipinski definition) is 2. The molecule has 0 bridgehead atoms. The first-order chi connectivity index (χ1) is 6.65. The summed E-state index contributed by atoms with van der Waals surface area (Å²) in [4.78, 5) is 4.22. The van der Waals surface area contributed by atoms with E-state index in [1.807, 2.05) is 25.1 Å². The van der Waals surface area contributed by atoms with Crippen molar-refractivity contribution in [3.63, 3.8) is 0 Å². The van der Waals surface area contributed by atoms with Crippen LogP contribution in [0.2, 0.25) is 5.02 Å². The predicted molar refractivity (Wildman–Crippen MR) is 59.3 cm³/mol. The molecule has 5 heteroatoms. The smallest absolute Gasteiger partial charge is 0.181 e. The maximum absolute atomic E-state index is 5.91. The molecule has 0 spiro atoms. The van der Waals surface area contributed by atoms with Crippen molar-refractivity contribution in [1.29, 1.82) is 0 Å². The number of aryl methyl sites for hydroxylation is 1. The van der Waals surface area contributed by atoms with Crippen molar-refractivity contribution >= 4 is 27.5 Å². The second-order valence-corrected chi connectivity index (χ2v) is 4.25. The van der Waals surface area contributed by atoms with Gasteiger partial charge in [0.25, 0.3) is 0 Å². The molecule has 1 N–H and O–H groups in total. The van der Waals surface area contributed by atoms with E-state index in [0.717, 1.165) is 15.9 Å². The van der Waals surface area contributed by atoms with Crippen LogP contribution in [0.3, 0.4) is 0 Å². The summed E-state index contributed by atoms with van der Waals surface area (Å²) in [6, 6.07) is 5.58. The van der Waals surface area contributed by atoms with E-state index in [9.17, 15) is 0 Å². The number of benzene rings is 1. The Morgan fingerprint density at radius 1 is 1.36 bits per heavy atom. The van der Waals surface area contributed by atoms with Gasteiger partial charge in [-0.15, -0.1) is 0 Å². The molecular weight excluding hydrogens is 265 g/mol. The first kappa shape index (κ1) is 9.68. The molecule has 0 amide bonds. The second kappa shape index (κ2) is 3.71. The maximum atomic E-state index is 5.91. The van der Waals surface area contributed by atoms with Gasteiger partial charge in [0.05, 0.1) is 0 Å². The third-order valence-corrected chi connectivity index (χ3v) is 2.39. The number of H-pyrrole nitrogens is 1. The largest absolute Gasteiger partial charge is 0.263 e. The van der Waals surface area contributed by atoms with Crippen molar-refractivity contribution in [3.8, 4) is 11.4 Å². The summed E-state index contributed by atoms with van der Waals surface area (Å²) < 4.78 is 0.919. The number of aromatic amines is 1. The average Bonchev–Trinajstić information content (AvgIpc) is 2.50. The van der Waals surface area contributed by atoms with Crippen LogP contribution in [0.25, 0.3) is 11.4 Å². The topological polar surface area (TPSA) is 41.6 Å². The SMILES string of the molecule is Cc1nc(-c2cc(Cl)cc(Br)c2)n[nH]1. The van der Waals surface area contributed by atoms with Crippen molar-refractivity contribution in [3.05, 3.63) is 33.5 Å². The lowest BCUT2D eigenvalue weighted by atomic mass is 10.2. The molecule has 0 atom stereocenters. The van der Waals surface area contributed by atoms with Gasteiger partial charge in [-0.25, -0.2) is 4.98 Å². The van der Waals surface area contributed by atoms with Crippen LogP contribution in [0, 0.1) is 6.92 Å². The van der Waals surface area contributed by atoms with Crippen molar-refractivity contribution in [2.75, 3.05) is 0 Å². The molecule has 72 valence electrons. The molecule has 0 aliphatic carbocycles. The fraction of sp³-hybridized carbons (Fsp3) is 0.111. The standard InChI is InChI=1S/C9H7BrClN3/c1-5-12-9(14-13-5)6-2-7(10)4-8(11)3-6/h2-4H,1H3,(H,12,13,14). The van der Waals surface area contributed by atoms with Gasteiger partial charge in [0.1, 0.15) is 5.82 Å². The van der Waals surface area contributed by atoms with Crippen LogP contribution in [-0.4, -0.2) is 15.2 Å². The van der Waals surface area contributed by atoms with Crippen LogP contribution < -0.4 is 0 Å². The third-order valence-electron chi connectivity index (χ3n) is 1.72. The van der Waals surface area contributed by atoms with Gasteiger partial charge < -0.3 is 0 Å². The minimum absolute atomic E-state index is 0.658. The van der Waals surface area contributed by atoms with Gasteiger partial charge in [0.2, 0.25) is 0 Å². The summed E-state index contributed by atoms with van der Waals surface area (Å²) in [7, 11) is 0. The summed E-state index contributed by atoms with van der Waals surface area (Å²) in [6.45, 7) is 1.86. The predicted octanol–water partition coefficient (Wildman–Crippen LogP) is 3.20. The molecule has 2 aromatic rings. The first-order valence-corrected chi connectivity index (χ1v) is 5.18. The summed E-state index contributed by atoms with van der Waals surface area (Å²) in [5.41, 5.74) is 0.897. The van der Waals surface area contributed by atoms with Gasteiger partial charge in [-0.2, -0.15) is 5.10 Å². The summed E-state index contributed by atoms with van der Waals surface area (Å²) in [6.07, 6.45) is 0. The Morgan fingerprint density at radius 3 is 2.71 bits per heavy atom. The fourth-order valence-corrected chi connectivity index (χ4v) is 2.01. The summed E-state index contributed by atoms with van der Waals surface area (Å²) >= 11 is 9.28. The highest BCUT2D eigenvalue weighted by Crippen LogP contribution is 2.24. The molecule has 0 saturated heterocycles. The lowest BCUT2D eigenvalue weighted by Crippen LogP contribution is -1.81. The third kappa shape index (κ3) is 1.96. The molecule has 14 heavy (non-hydrogen) atoms. The van der Waals surface area contributed by atoms with Gasteiger partial charge >= 0.3 is 0 Å². The number of nitrogens with one attached hydrogen (secondary N) is 1. The number of nitrogens with zero attached hydrogens (tertiary/aromatic N) is 2. The van der Waals surface area contributed by atoms with Crippen LogP contribution in [0.1, 0.15) is 5.82 Å². The Balaban J connectivity index is 2.51. The van der Waals surface area contributed by atoms with Gasteiger partial charge in [-0.1, -0.05) is 27.5 Å². The first-order valence-electron chi connectivity index (χ1n) is 4.00. The summed E-state index contributed by atoms with van der Waals surface area (Å²) in [5, 5.41) is 7.50. The van der Waals surface area contributed by atoms with Crippen molar-refractivity contribution in [1.82, 2.24) is 15.2 Å². The molecule has 0 aliphatic rings. The average molecular weight is 273 g/mol. The van der Waals surface area contributed by atoms with Crippen molar-refractivity contribution in [2.45, 2.75) is 6.92 Å². The van der Waals surface area contributed by atoms with Crippen LogP contribution >= 0.6 is 27.5 Å². The number of aromatic nitrogens is 3. The van der Waals surface area contributed by atoms with Crippen LogP contribution in [0.5, 0.6) is 0 Å². The van der Waals surface area contributed by atoms with Gasteiger partial charge in [0.15, 0.2) is 5.82 Å². The lowest BCUT2D eigenvalue weighted by molar-refractivity contribution is 1.04. The van der Waals surface area contributed by atoms with E-state index >= 15 is 0 Å². The molecule has 1 heterocycles. The molecule has 0 aliphatic heterocycles. The number of halogens is 2.